The van der Waals surface area contributed by atoms with Crippen LogP contribution in [0.4, 0.5) is 36.8 Å². The van der Waals surface area contributed by atoms with Crippen LogP contribution >= 0.6 is 0 Å². The Morgan fingerprint density at radius 3 is 2.17 bits per heavy atom. The second-order valence-corrected chi connectivity index (χ2v) is 13.1. The smallest absolute Gasteiger partial charge is 0.327 e. The lowest BCUT2D eigenvalue weighted by Crippen LogP contribution is -2.48. The monoisotopic (exact) mass is 731 g/mol. The summed E-state index contributed by atoms with van der Waals surface area (Å²) in [5.41, 5.74) is -0.209. The molecule has 0 unspecified atom stereocenters. The van der Waals surface area contributed by atoms with Gasteiger partial charge in [-0.2, -0.15) is 0 Å². The lowest BCUT2D eigenvalue weighted by atomic mass is 10.1. The summed E-state index contributed by atoms with van der Waals surface area (Å²) in [6.45, 7) is 10.5. The van der Waals surface area contributed by atoms with Crippen molar-refractivity contribution in [1.29, 1.82) is 0 Å². The predicted octanol–water partition coefficient (Wildman–Crippen LogP) is 3.14. The molecule has 0 saturated carbocycles. The standard InChI is InChI=1S/C35H39F2N11O5/c1-5-44-19-26(30(51)21-15-24(36)28(17-27(21)44)47-13-11-46(12-14-47)20(3)49)38-34(52)40-35-42-41-33(53-35)23-18-45(6-2)31-22(29(23)50)16-25(37)32(39-31)48-9-7-43(4)8-10-48/h15-19H,5-14H2,1-4H3,(H2,38,40,42,52). The van der Waals surface area contributed by atoms with Gasteiger partial charge in [0, 0.05) is 84.8 Å². The van der Waals surface area contributed by atoms with Gasteiger partial charge in [-0.05, 0) is 39.1 Å². The molecule has 1 aromatic carbocycles. The molecule has 7 rings (SSSR count). The van der Waals surface area contributed by atoms with Crippen molar-refractivity contribution < 1.29 is 22.8 Å². The van der Waals surface area contributed by atoms with E-state index in [9.17, 15) is 19.2 Å². The van der Waals surface area contributed by atoms with Crippen LogP contribution in [0.3, 0.4) is 0 Å². The molecule has 5 aromatic rings. The van der Waals surface area contributed by atoms with Gasteiger partial charge in [0.1, 0.15) is 22.7 Å². The van der Waals surface area contributed by atoms with Gasteiger partial charge in [-0.15, -0.1) is 5.10 Å². The molecule has 2 aliphatic heterocycles. The Kier molecular flexibility index (Phi) is 9.54. The summed E-state index contributed by atoms with van der Waals surface area (Å²) < 4.78 is 39.8. The SMILES string of the molecule is CCn1cc(NC(=O)Nc2nnc(-c3cn(CC)c4nc(N5CCN(C)CC5)c(F)cc4c3=O)o2)c(=O)c2cc(F)c(N3CCN(C(C)=O)CC3)cc21. The van der Waals surface area contributed by atoms with Crippen molar-refractivity contribution in [2.24, 2.45) is 0 Å². The van der Waals surface area contributed by atoms with Crippen LogP contribution in [0.1, 0.15) is 20.8 Å². The summed E-state index contributed by atoms with van der Waals surface area (Å²) in [6.07, 6.45) is 2.96. The van der Waals surface area contributed by atoms with Crippen molar-refractivity contribution in [2.75, 3.05) is 79.8 Å². The number of likely N-dealkylation sites (N-methyl/N-ethyl adjacent to an activating group) is 1. The number of nitrogens with zero attached hydrogens (tertiary/aromatic N) is 9. The minimum Gasteiger partial charge on any atom is -0.403 e. The van der Waals surface area contributed by atoms with Crippen LogP contribution in [-0.2, 0) is 17.9 Å². The molecule has 0 aliphatic carbocycles. The lowest BCUT2D eigenvalue weighted by Gasteiger charge is -2.36. The number of amides is 3. The topological polar surface area (TPSA) is 167 Å². The van der Waals surface area contributed by atoms with Gasteiger partial charge >= 0.3 is 12.0 Å². The van der Waals surface area contributed by atoms with E-state index in [2.05, 4.69) is 30.7 Å². The molecular formula is C35H39F2N11O5. The summed E-state index contributed by atoms with van der Waals surface area (Å²) in [5.74, 6) is -1.29. The highest BCUT2D eigenvalue weighted by Gasteiger charge is 2.25. The number of benzene rings is 1. The zero-order valence-corrected chi connectivity index (χ0v) is 29.8. The molecule has 2 fully saturated rings. The molecule has 3 amide bonds. The molecule has 4 aromatic heterocycles. The Morgan fingerprint density at radius 2 is 1.49 bits per heavy atom. The normalized spacial score (nSPS) is 15.4. The third-order valence-corrected chi connectivity index (χ3v) is 9.81. The van der Waals surface area contributed by atoms with E-state index in [1.807, 2.05) is 30.7 Å². The van der Waals surface area contributed by atoms with E-state index in [4.69, 9.17) is 4.42 Å². The Hall–Kier alpha value is -5.91. The molecule has 0 spiro atoms. The Morgan fingerprint density at radius 1 is 0.811 bits per heavy atom. The summed E-state index contributed by atoms with van der Waals surface area (Å²) in [7, 11) is 2.00. The van der Waals surface area contributed by atoms with Crippen LogP contribution in [0.2, 0.25) is 0 Å². The number of aromatic nitrogens is 5. The first-order valence-electron chi connectivity index (χ1n) is 17.4. The molecule has 53 heavy (non-hydrogen) atoms. The van der Waals surface area contributed by atoms with Crippen LogP contribution in [0, 0.1) is 11.6 Å². The number of anilines is 4. The maximum Gasteiger partial charge on any atom is 0.327 e. The number of fused-ring (bicyclic) bond motifs is 2. The van der Waals surface area contributed by atoms with Gasteiger partial charge in [0.2, 0.25) is 16.8 Å². The van der Waals surface area contributed by atoms with Gasteiger partial charge in [-0.3, -0.25) is 19.7 Å². The molecule has 16 nitrogen and oxygen atoms in total. The van der Waals surface area contributed by atoms with E-state index >= 15 is 8.78 Å². The maximum absolute atomic E-state index is 15.4. The number of aryl methyl sites for hydroxylation is 2. The molecule has 0 radical (unpaired) electrons. The van der Waals surface area contributed by atoms with Crippen LogP contribution in [0.5, 0.6) is 0 Å². The van der Waals surface area contributed by atoms with Gasteiger partial charge in [-0.25, -0.2) is 18.6 Å². The highest BCUT2D eigenvalue weighted by molar-refractivity contribution is 5.99. The average molecular weight is 732 g/mol. The van der Waals surface area contributed by atoms with Crippen molar-refractivity contribution in [2.45, 2.75) is 33.9 Å². The highest BCUT2D eigenvalue weighted by atomic mass is 19.1. The predicted molar refractivity (Wildman–Crippen MR) is 196 cm³/mol. The van der Waals surface area contributed by atoms with Crippen LogP contribution in [0.25, 0.3) is 33.4 Å². The third-order valence-electron chi connectivity index (χ3n) is 9.81. The fraction of sp³-hybridized carbons (Fsp3) is 0.400. The number of hydrogen-bond acceptors (Lipinski definition) is 11. The quantitative estimate of drug-likeness (QED) is 0.253. The van der Waals surface area contributed by atoms with E-state index in [1.54, 1.807) is 20.1 Å². The number of urea groups is 1. The fourth-order valence-corrected chi connectivity index (χ4v) is 6.80. The summed E-state index contributed by atoms with van der Waals surface area (Å²) in [6, 6.07) is 2.68. The number of rotatable bonds is 7. The lowest BCUT2D eigenvalue weighted by molar-refractivity contribution is -0.129. The summed E-state index contributed by atoms with van der Waals surface area (Å²) in [5, 5.41) is 12.7. The number of pyridine rings is 3. The summed E-state index contributed by atoms with van der Waals surface area (Å²) >= 11 is 0. The van der Waals surface area contributed by atoms with Gasteiger partial charge in [0.25, 0.3) is 5.89 Å². The Labute approximate surface area is 301 Å². The number of carbonyl (C=O) groups is 2. The minimum absolute atomic E-state index is 0.0173. The molecule has 278 valence electrons. The zero-order valence-electron chi connectivity index (χ0n) is 29.8. The van der Waals surface area contributed by atoms with Gasteiger partial charge in [0.15, 0.2) is 11.6 Å². The summed E-state index contributed by atoms with van der Waals surface area (Å²) in [4.78, 5) is 63.9. The van der Waals surface area contributed by atoms with Crippen molar-refractivity contribution >= 4 is 57.1 Å². The van der Waals surface area contributed by atoms with Crippen molar-refractivity contribution in [3.63, 3.8) is 0 Å². The van der Waals surface area contributed by atoms with E-state index in [0.717, 1.165) is 19.2 Å². The van der Waals surface area contributed by atoms with Crippen molar-refractivity contribution in [3.05, 3.63) is 62.7 Å². The Bertz CT molecular complexity index is 2360. The number of hydrogen-bond donors (Lipinski definition) is 2. The van der Waals surface area contributed by atoms with Crippen LogP contribution in [0.15, 0.2) is 44.6 Å². The maximum atomic E-state index is 15.4. The molecule has 2 aliphatic rings. The van der Waals surface area contributed by atoms with E-state index in [0.29, 0.717) is 69.2 Å². The van der Waals surface area contributed by atoms with Gasteiger partial charge in [-0.1, -0.05) is 5.10 Å². The first-order valence-corrected chi connectivity index (χ1v) is 17.4. The van der Waals surface area contributed by atoms with E-state index < -0.39 is 28.5 Å². The van der Waals surface area contributed by atoms with Crippen LogP contribution < -0.4 is 31.3 Å². The number of halogens is 2. The molecule has 2 saturated heterocycles. The Balaban J connectivity index is 1.11. The number of nitrogens with one attached hydrogen (secondary N) is 2. The first kappa shape index (κ1) is 35.5. The van der Waals surface area contributed by atoms with Crippen LogP contribution in [-0.4, -0.2) is 105 Å². The molecular weight excluding hydrogens is 692 g/mol. The van der Waals surface area contributed by atoms with Gasteiger partial charge in [0.05, 0.1) is 22.0 Å². The van der Waals surface area contributed by atoms with Gasteiger partial charge < -0.3 is 38.5 Å². The minimum atomic E-state index is -0.896. The second-order valence-electron chi connectivity index (χ2n) is 13.1. The number of carbonyl (C=O) groups excluding carboxylic acids is 2. The zero-order chi connectivity index (χ0) is 37.6. The van der Waals surface area contributed by atoms with Crippen molar-refractivity contribution in [3.8, 4) is 11.5 Å². The fourth-order valence-electron chi connectivity index (χ4n) is 6.80. The molecule has 0 bridgehead atoms. The first-order chi connectivity index (χ1) is 25.4. The molecule has 6 heterocycles. The molecule has 2 N–H and O–H groups in total. The third kappa shape index (κ3) is 6.76. The van der Waals surface area contributed by atoms with Crippen molar-refractivity contribution in [1.82, 2.24) is 34.1 Å². The van der Waals surface area contributed by atoms with E-state index in [1.165, 1.54) is 25.4 Å². The molecule has 0 atom stereocenters. The number of piperazine rings is 2. The molecule has 18 heteroatoms. The highest BCUT2D eigenvalue weighted by Crippen LogP contribution is 2.28. The largest absolute Gasteiger partial charge is 0.403 e. The average Bonchev–Trinajstić information content (AvgIpc) is 3.61. The second kappa shape index (κ2) is 14.3. The van der Waals surface area contributed by atoms with E-state index in [-0.39, 0.29) is 45.7 Å².